The minimum absolute atomic E-state index is 0.103. The summed E-state index contributed by atoms with van der Waals surface area (Å²) in [5.41, 5.74) is 0.581. The molecule has 116 valence electrons. The maximum atomic E-state index is 12.0. The first-order chi connectivity index (χ1) is 10.3. The van der Waals surface area contributed by atoms with Crippen LogP contribution in [0, 0.1) is 0 Å². The number of carbonyl (C=O) groups excluding carboxylic acids is 2. The first kappa shape index (κ1) is 15.7. The average Bonchev–Trinajstić information content (AvgIpc) is 2.94. The number of aromatic nitrogens is 3. The van der Waals surface area contributed by atoms with Gasteiger partial charge in [0.15, 0.2) is 5.69 Å². The molecule has 1 aromatic heterocycles. The Hall–Kier alpha value is -2.70. The fraction of sp³-hybridized carbons (Fsp3) is 0.333. The molecule has 0 fully saturated rings. The van der Waals surface area contributed by atoms with E-state index in [1.54, 1.807) is 0 Å². The second-order valence-electron chi connectivity index (χ2n) is 5.84. The van der Waals surface area contributed by atoms with Crippen molar-refractivity contribution in [2.75, 3.05) is 6.54 Å². The Morgan fingerprint density at radius 3 is 2.50 bits per heavy atom. The zero-order valence-corrected chi connectivity index (χ0v) is 12.8. The highest BCUT2D eigenvalue weighted by Crippen LogP contribution is 2.04. The van der Waals surface area contributed by atoms with Gasteiger partial charge in [-0.05, 0) is 32.9 Å². The lowest BCUT2D eigenvalue weighted by Crippen LogP contribution is -2.45. The predicted molar refractivity (Wildman–Crippen MR) is 81.6 cm³/mol. The van der Waals surface area contributed by atoms with Gasteiger partial charge in [-0.1, -0.05) is 18.2 Å². The van der Waals surface area contributed by atoms with Gasteiger partial charge in [0.25, 0.3) is 5.91 Å². The van der Waals surface area contributed by atoms with E-state index in [1.165, 1.54) is 11.0 Å². The highest BCUT2D eigenvalue weighted by Gasteiger charge is 2.16. The predicted octanol–water partition coefficient (Wildman–Crippen LogP) is 0.912. The van der Waals surface area contributed by atoms with Crippen LogP contribution in [0.4, 0.5) is 0 Å². The number of hydrogen-bond donors (Lipinski definition) is 2. The van der Waals surface area contributed by atoms with Crippen LogP contribution < -0.4 is 10.6 Å². The number of rotatable bonds is 4. The molecule has 7 heteroatoms. The molecule has 0 atom stereocenters. The second-order valence-corrected chi connectivity index (χ2v) is 5.84. The highest BCUT2D eigenvalue weighted by molar-refractivity contribution is 5.94. The topological polar surface area (TPSA) is 88.9 Å². The number of nitrogens with one attached hydrogen (secondary N) is 2. The summed E-state index contributed by atoms with van der Waals surface area (Å²) in [6, 6.07) is 9.26. The standard InChI is InChI=1S/C15H19N5O2/c1-15(2,3)18-13(21)10-16-14(22)12-9-17-20(19-12)11-7-5-4-6-8-11/h4-9H,10H2,1-3H3,(H,16,22)(H,18,21). The van der Waals surface area contributed by atoms with Crippen LogP contribution in [0.2, 0.25) is 0 Å². The van der Waals surface area contributed by atoms with Crippen LogP contribution in [-0.4, -0.2) is 38.9 Å². The largest absolute Gasteiger partial charge is 0.350 e. The van der Waals surface area contributed by atoms with Crippen LogP contribution in [-0.2, 0) is 4.79 Å². The number of benzene rings is 1. The van der Waals surface area contributed by atoms with Gasteiger partial charge in [-0.2, -0.15) is 9.90 Å². The van der Waals surface area contributed by atoms with Gasteiger partial charge in [0, 0.05) is 5.54 Å². The summed E-state index contributed by atoms with van der Waals surface area (Å²) in [5.74, 6) is -0.692. The van der Waals surface area contributed by atoms with Gasteiger partial charge < -0.3 is 10.6 Å². The fourth-order valence-electron chi connectivity index (χ4n) is 1.77. The molecule has 0 radical (unpaired) electrons. The Bertz CT molecular complexity index is 658. The van der Waals surface area contributed by atoms with E-state index in [-0.39, 0.29) is 23.7 Å². The van der Waals surface area contributed by atoms with E-state index in [1.807, 2.05) is 51.1 Å². The van der Waals surface area contributed by atoms with Gasteiger partial charge in [-0.25, -0.2) is 0 Å². The summed E-state index contributed by atoms with van der Waals surface area (Å²) in [6.07, 6.45) is 1.37. The molecule has 22 heavy (non-hydrogen) atoms. The van der Waals surface area contributed by atoms with Crippen molar-refractivity contribution >= 4 is 11.8 Å². The molecular weight excluding hydrogens is 282 g/mol. The lowest BCUT2D eigenvalue weighted by Gasteiger charge is -2.20. The third-order valence-electron chi connectivity index (χ3n) is 2.64. The summed E-state index contributed by atoms with van der Waals surface area (Å²) in [6.45, 7) is 5.52. The van der Waals surface area contributed by atoms with E-state index in [0.717, 1.165) is 5.69 Å². The van der Waals surface area contributed by atoms with Crippen molar-refractivity contribution in [2.24, 2.45) is 0 Å². The summed E-state index contributed by atoms with van der Waals surface area (Å²) < 4.78 is 0. The molecule has 1 aromatic carbocycles. The Labute approximate surface area is 128 Å². The van der Waals surface area contributed by atoms with Gasteiger partial charge in [0.2, 0.25) is 5.91 Å². The van der Waals surface area contributed by atoms with Crippen molar-refractivity contribution in [2.45, 2.75) is 26.3 Å². The molecule has 7 nitrogen and oxygen atoms in total. The molecule has 0 saturated carbocycles. The van der Waals surface area contributed by atoms with Crippen molar-refractivity contribution in [1.82, 2.24) is 25.6 Å². The molecule has 0 saturated heterocycles. The van der Waals surface area contributed by atoms with Crippen LogP contribution in [0.15, 0.2) is 36.5 Å². The molecule has 2 aromatic rings. The molecule has 2 rings (SSSR count). The Morgan fingerprint density at radius 2 is 1.86 bits per heavy atom. The first-order valence-electron chi connectivity index (χ1n) is 6.92. The van der Waals surface area contributed by atoms with Crippen LogP contribution in [0.1, 0.15) is 31.3 Å². The van der Waals surface area contributed by atoms with Gasteiger partial charge in [-0.15, -0.1) is 5.10 Å². The first-order valence-corrected chi connectivity index (χ1v) is 6.92. The zero-order valence-electron chi connectivity index (χ0n) is 12.8. The smallest absolute Gasteiger partial charge is 0.273 e. The Morgan fingerprint density at radius 1 is 1.18 bits per heavy atom. The molecule has 0 unspecified atom stereocenters. The normalized spacial score (nSPS) is 11.0. The zero-order chi connectivity index (χ0) is 16.2. The fourth-order valence-corrected chi connectivity index (χ4v) is 1.77. The molecular formula is C15H19N5O2. The van der Waals surface area contributed by atoms with E-state index in [2.05, 4.69) is 20.8 Å². The second kappa shape index (κ2) is 6.38. The Balaban J connectivity index is 1.94. The number of nitrogens with zero attached hydrogens (tertiary/aromatic N) is 3. The Kier molecular flexibility index (Phi) is 4.55. The highest BCUT2D eigenvalue weighted by atomic mass is 16.2. The van der Waals surface area contributed by atoms with Gasteiger partial charge in [-0.3, -0.25) is 9.59 Å². The van der Waals surface area contributed by atoms with Gasteiger partial charge in [0.1, 0.15) is 0 Å². The van der Waals surface area contributed by atoms with Gasteiger partial charge >= 0.3 is 0 Å². The lowest BCUT2D eigenvalue weighted by atomic mass is 10.1. The maximum absolute atomic E-state index is 12.0. The molecule has 0 spiro atoms. The lowest BCUT2D eigenvalue weighted by molar-refractivity contribution is -0.121. The molecule has 0 aliphatic rings. The molecule has 2 amide bonds. The van der Waals surface area contributed by atoms with Gasteiger partial charge in [0.05, 0.1) is 18.4 Å². The summed E-state index contributed by atoms with van der Waals surface area (Å²) in [4.78, 5) is 25.0. The molecule has 1 heterocycles. The SMILES string of the molecule is CC(C)(C)NC(=O)CNC(=O)c1cnn(-c2ccccc2)n1. The van der Waals surface area contributed by atoms with E-state index in [0.29, 0.717) is 0 Å². The van der Waals surface area contributed by atoms with Crippen LogP contribution in [0.3, 0.4) is 0 Å². The van der Waals surface area contributed by atoms with E-state index in [4.69, 9.17) is 0 Å². The molecule has 2 N–H and O–H groups in total. The molecule has 0 bridgehead atoms. The van der Waals surface area contributed by atoms with Crippen molar-refractivity contribution in [3.05, 3.63) is 42.2 Å². The number of amides is 2. The molecule has 0 aliphatic carbocycles. The van der Waals surface area contributed by atoms with Crippen molar-refractivity contribution in [1.29, 1.82) is 0 Å². The summed E-state index contributed by atoms with van der Waals surface area (Å²) in [5, 5.41) is 13.4. The summed E-state index contributed by atoms with van der Waals surface area (Å²) >= 11 is 0. The third kappa shape index (κ3) is 4.41. The maximum Gasteiger partial charge on any atom is 0.273 e. The number of para-hydroxylation sites is 1. The van der Waals surface area contributed by atoms with Crippen LogP contribution in [0.5, 0.6) is 0 Å². The van der Waals surface area contributed by atoms with Crippen molar-refractivity contribution < 1.29 is 9.59 Å². The number of carbonyl (C=O) groups is 2. The van der Waals surface area contributed by atoms with E-state index < -0.39 is 5.91 Å². The third-order valence-corrected chi connectivity index (χ3v) is 2.64. The van der Waals surface area contributed by atoms with Crippen LogP contribution in [0.25, 0.3) is 5.69 Å². The quantitative estimate of drug-likeness (QED) is 0.878. The van der Waals surface area contributed by atoms with Crippen molar-refractivity contribution in [3.8, 4) is 5.69 Å². The average molecular weight is 301 g/mol. The summed E-state index contributed by atoms with van der Waals surface area (Å²) in [7, 11) is 0. The molecule has 0 aliphatic heterocycles. The van der Waals surface area contributed by atoms with E-state index >= 15 is 0 Å². The van der Waals surface area contributed by atoms with Crippen LogP contribution >= 0.6 is 0 Å². The van der Waals surface area contributed by atoms with Crippen molar-refractivity contribution in [3.63, 3.8) is 0 Å². The minimum atomic E-state index is -0.439. The monoisotopic (exact) mass is 301 g/mol. The minimum Gasteiger partial charge on any atom is -0.350 e. The van der Waals surface area contributed by atoms with E-state index in [9.17, 15) is 9.59 Å². The number of hydrogen-bond acceptors (Lipinski definition) is 4.